The number of alkyl halides is 3. The largest absolute Gasteiger partial charge is 0.462 e. The SMILES string of the molecule is CC(=O)OC1CCN(c2ncc(C(F)(F)F)cc2NC(=O)c2cc(-c3cn[nH]c3)ccn2)CC1. The molecule has 1 amide bonds. The first-order chi connectivity index (χ1) is 16.2. The molecule has 0 saturated carbocycles. The van der Waals surface area contributed by atoms with E-state index in [2.05, 4.69) is 25.5 Å². The Morgan fingerprint density at radius 1 is 1.15 bits per heavy atom. The number of aromatic nitrogens is 4. The van der Waals surface area contributed by atoms with E-state index < -0.39 is 17.6 Å². The number of nitrogens with zero attached hydrogens (tertiary/aromatic N) is 4. The van der Waals surface area contributed by atoms with Gasteiger partial charge in [-0.15, -0.1) is 0 Å². The van der Waals surface area contributed by atoms with E-state index in [1.807, 2.05) is 0 Å². The summed E-state index contributed by atoms with van der Waals surface area (Å²) in [6, 6.07) is 4.07. The van der Waals surface area contributed by atoms with Gasteiger partial charge >= 0.3 is 12.1 Å². The number of anilines is 2. The second-order valence-corrected chi connectivity index (χ2v) is 7.76. The minimum atomic E-state index is -4.63. The number of amides is 1. The van der Waals surface area contributed by atoms with Crippen molar-refractivity contribution in [1.29, 1.82) is 0 Å². The number of hydrogen-bond donors (Lipinski definition) is 2. The lowest BCUT2D eigenvalue weighted by molar-refractivity contribution is -0.147. The molecule has 0 unspecified atom stereocenters. The molecule has 2 N–H and O–H groups in total. The number of hydrogen-bond acceptors (Lipinski definition) is 7. The van der Waals surface area contributed by atoms with Crippen LogP contribution in [0.1, 0.15) is 35.8 Å². The number of piperidine rings is 1. The molecule has 34 heavy (non-hydrogen) atoms. The molecule has 1 saturated heterocycles. The van der Waals surface area contributed by atoms with E-state index in [1.54, 1.807) is 23.4 Å². The Bertz CT molecular complexity index is 1170. The highest BCUT2D eigenvalue weighted by Crippen LogP contribution is 2.35. The van der Waals surface area contributed by atoms with E-state index in [0.717, 1.165) is 17.8 Å². The van der Waals surface area contributed by atoms with Crippen LogP contribution in [0.25, 0.3) is 11.1 Å². The Morgan fingerprint density at radius 2 is 1.91 bits per heavy atom. The third-order valence-corrected chi connectivity index (χ3v) is 5.34. The van der Waals surface area contributed by atoms with E-state index in [1.165, 1.54) is 19.2 Å². The topological polar surface area (TPSA) is 113 Å². The summed E-state index contributed by atoms with van der Waals surface area (Å²) in [5.41, 5.74) is 0.357. The van der Waals surface area contributed by atoms with Crippen molar-refractivity contribution in [2.75, 3.05) is 23.3 Å². The second-order valence-electron chi connectivity index (χ2n) is 7.76. The number of ether oxygens (including phenoxy) is 1. The van der Waals surface area contributed by atoms with Crippen LogP contribution in [-0.4, -0.2) is 51.2 Å². The third-order valence-electron chi connectivity index (χ3n) is 5.34. The minimum Gasteiger partial charge on any atom is -0.462 e. The molecule has 178 valence electrons. The summed E-state index contributed by atoms with van der Waals surface area (Å²) in [6.45, 7) is 2.12. The summed E-state index contributed by atoms with van der Waals surface area (Å²) in [5, 5.41) is 9.08. The second kappa shape index (κ2) is 9.49. The number of carbonyl (C=O) groups excluding carboxylic acids is 2. The maximum atomic E-state index is 13.3. The normalized spacial score (nSPS) is 14.6. The summed E-state index contributed by atoms with van der Waals surface area (Å²) in [4.78, 5) is 33.9. The smallest absolute Gasteiger partial charge is 0.417 e. The molecule has 3 aromatic rings. The van der Waals surface area contributed by atoms with E-state index >= 15 is 0 Å². The summed E-state index contributed by atoms with van der Waals surface area (Å²) >= 11 is 0. The maximum Gasteiger partial charge on any atom is 0.417 e. The summed E-state index contributed by atoms with van der Waals surface area (Å²) in [7, 11) is 0. The van der Waals surface area contributed by atoms with Crippen molar-refractivity contribution in [2.45, 2.75) is 32.0 Å². The van der Waals surface area contributed by atoms with Crippen molar-refractivity contribution in [3.63, 3.8) is 0 Å². The molecule has 9 nitrogen and oxygen atoms in total. The van der Waals surface area contributed by atoms with Crippen LogP contribution in [0.2, 0.25) is 0 Å². The zero-order valence-corrected chi connectivity index (χ0v) is 18.1. The third kappa shape index (κ3) is 5.33. The molecular formula is C22H21F3N6O3. The molecule has 0 spiro atoms. The van der Waals surface area contributed by atoms with Gasteiger partial charge in [-0.3, -0.25) is 19.7 Å². The number of halogens is 3. The van der Waals surface area contributed by atoms with Gasteiger partial charge in [0.1, 0.15) is 11.8 Å². The van der Waals surface area contributed by atoms with Gasteiger partial charge in [0.25, 0.3) is 5.91 Å². The van der Waals surface area contributed by atoms with Crippen molar-refractivity contribution in [2.24, 2.45) is 0 Å². The molecule has 3 aromatic heterocycles. The average Bonchev–Trinajstić information content (AvgIpc) is 3.34. The van der Waals surface area contributed by atoms with Crippen LogP contribution < -0.4 is 10.2 Å². The van der Waals surface area contributed by atoms with Crippen LogP contribution >= 0.6 is 0 Å². The molecule has 0 radical (unpaired) electrons. The summed E-state index contributed by atoms with van der Waals surface area (Å²) < 4.78 is 45.3. The number of aromatic amines is 1. The van der Waals surface area contributed by atoms with Gasteiger partial charge in [0.05, 0.1) is 17.4 Å². The zero-order valence-electron chi connectivity index (χ0n) is 18.1. The number of pyridine rings is 2. The van der Waals surface area contributed by atoms with Crippen molar-refractivity contribution in [3.8, 4) is 11.1 Å². The fourth-order valence-electron chi connectivity index (χ4n) is 3.71. The molecular weight excluding hydrogens is 453 g/mol. The number of H-pyrrole nitrogens is 1. The molecule has 0 atom stereocenters. The first-order valence-corrected chi connectivity index (χ1v) is 10.5. The van der Waals surface area contributed by atoms with Gasteiger partial charge in [-0.25, -0.2) is 4.98 Å². The van der Waals surface area contributed by atoms with E-state index in [-0.39, 0.29) is 29.3 Å². The van der Waals surface area contributed by atoms with Crippen LogP contribution in [0.15, 0.2) is 43.0 Å². The highest BCUT2D eigenvalue weighted by molar-refractivity contribution is 6.05. The Morgan fingerprint density at radius 3 is 2.56 bits per heavy atom. The lowest BCUT2D eigenvalue weighted by atomic mass is 10.1. The molecule has 1 aliphatic heterocycles. The molecule has 0 aliphatic carbocycles. The predicted octanol–water partition coefficient (Wildman–Crippen LogP) is 3.67. The van der Waals surface area contributed by atoms with E-state index in [4.69, 9.17) is 4.74 Å². The molecule has 1 aliphatic rings. The standard InChI is InChI=1S/C22H21F3N6O3/c1-13(32)34-17-3-6-31(7-4-17)20-18(9-16(12-27-20)22(23,24)25)30-21(33)19-8-14(2-5-26-19)15-10-28-29-11-15/h2,5,8-12,17H,3-4,6-7H2,1H3,(H,28,29)(H,30,33). The number of esters is 1. The highest BCUT2D eigenvalue weighted by atomic mass is 19.4. The molecule has 12 heteroatoms. The Hall–Kier alpha value is -3.96. The fourth-order valence-corrected chi connectivity index (χ4v) is 3.71. The van der Waals surface area contributed by atoms with Crippen molar-refractivity contribution >= 4 is 23.4 Å². The van der Waals surface area contributed by atoms with Crippen LogP contribution in [-0.2, 0) is 15.7 Å². The molecule has 4 heterocycles. The van der Waals surface area contributed by atoms with Gasteiger partial charge in [-0.2, -0.15) is 18.3 Å². The fraction of sp³-hybridized carbons (Fsp3) is 0.318. The van der Waals surface area contributed by atoms with Crippen LogP contribution in [0, 0.1) is 0 Å². The lowest BCUT2D eigenvalue weighted by Gasteiger charge is -2.33. The Labute approximate surface area is 192 Å². The van der Waals surface area contributed by atoms with Crippen molar-refractivity contribution < 1.29 is 27.5 Å². The minimum absolute atomic E-state index is 0.0237. The molecule has 0 aromatic carbocycles. The van der Waals surface area contributed by atoms with E-state index in [0.29, 0.717) is 31.5 Å². The first-order valence-electron chi connectivity index (χ1n) is 10.5. The van der Waals surface area contributed by atoms with Gasteiger partial charge in [-0.05, 0) is 23.8 Å². The van der Waals surface area contributed by atoms with Gasteiger partial charge in [-0.1, -0.05) is 0 Å². The first kappa shape index (κ1) is 23.2. The zero-order chi connectivity index (χ0) is 24.3. The van der Waals surface area contributed by atoms with Crippen LogP contribution in [0.5, 0.6) is 0 Å². The molecule has 1 fully saturated rings. The maximum absolute atomic E-state index is 13.3. The monoisotopic (exact) mass is 474 g/mol. The number of carbonyl (C=O) groups is 2. The Kier molecular flexibility index (Phi) is 6.48. The average molecular weight is 474 g/mol. The quantitative estimate of drug-likeness (QED) is 0.543. The van der Waals surface area contributed by atoms with Crippen LogP contribution in [0.3, 0.4) is 0 Å². The van der Waals surface area contributed by atoms with Crippen molar-refractivity contribution in [3.05, 3.63) is 54.2 Å². The summed E-state index contributed by atoms with van der Waals surface area (Å²) in [6.07, 6.45) is 1.47. The number of nitrogens with one attached hydrogen (secondary N) is 2. The van der Waals surface area contributed by atoms with Gasteiger partial charge < -0.3 is 15.0 Å². The van der Waals surface area contributed by atoms with Crippen molar-refractivity contribution in [1.82, 2.24) is 20.2 Å². The molecule has 4 rings (SSSR count). The van der Waals surface area contributed by atoms with Crippen LogP contribution in [0.4, 0.5) is 24.7 Å². The van der Waals surface area contributed by atoms with Gasteiger partial charge in [0, 0.05) is 57.0 Å². The number of rotatable bonds is 5. The Balaban J connectivity index is 1.59. The van der Waals surface area contributed by atoms with E-state index in [9.17, 15) is 22.8 Å². The molecule has 0 bridgehead atoms. The van der Waals surface area contributed by atoms with Gasteiger partial charge in [0.2, 0.25) is 0 Å². The van der Waals surface area contributed by atoms with Gasteiger partial charge in [0.15, 0.2) is 5.82 Å². The lowest BCUT2D eigenvalue weighted by Crippen LogP contribution is -2.38. The predicted molar refractivity (Wildman–Crippen MR) is 116 cm³/mol. The highest BCUT2D eigenvalue weighted by Gasteiger charge is 2.33. The summed E-state index contributed by atoms with van der Waals surface area (Å²) in [5.74, 6) is -0.861.